The van der Waals surface area contributed by atoms with Crippen molar-refractivity contribution in [2.75, 3.05) is 0 Å². The maximum absolute atomic E-state index is 13.6. The molecule has 0 saturated carbocycles. The van der Waals surface area contributed by atoms with Crippen LogP contribution in [0.3, 0.4) is 0 Å². The summed E-state index contributed by atoms with van der Waals surface area (Å²) < 4.78 is 15.4. The second kappa shape index (κ2) is 9.84. The molecule has 3 aromatic carbocycles. The fourth-order valence-electron chi connectivity index (χ4n) is 3.66. The summed E-state index contributed by atoms with van der Waals surface area (Å²) in [6.07, 6.45) is 3.49. The molecule has 5 rings (SSSR count). The van der Waals surface area contributed by atoms with Crippen LogP contribution in [0.15, 0.2) is 96.4 Å². The SMILES string of the molecule is O=C(NCc1nnc(SCc2ccncc2)n1-c1ccc(F)cc1)c1cccc2ccccc12. The van der Waals surface area contributed by atoms with Gasteiger partial charge in [-0.1, -0.05) is 48.2 Å². The number of benzene rings is 3. The molecule has 2 heterocycles. The lowest BCUT2D eigenvalue weighted by molar-refractivity contribution is 0.0951. The lowest BCUT2D eigenvalue weighted by atomic mass is 10.0. The molecule has 168 valence electrons. The van der Waals surface area contributed by atoms with Crippen molar-refractivity contribution in [2.24, 2.45) is 0 Å². The van der Waals surface area contributed by atoms with Crippen LogP contribution < -0.4 is 5.32 Å². The second-order valence-corrected chi connectivity index (χ2v) is 8.51. The number of nitrogens with one attached hydrogen (secondary N) is 1. The molecule has 6 nitrogen and oxygen atoms in total. The van der Waals surface area contributed by atoms with Crippen molar-refractivity contribution in [3.8, 4) is 5.69 Å². The molecule has 0 saturated heterocycles. The van der Waals surface area contributed by atoms with Crippen molar-refractivity contribution in [1.82, 2.24) is 25.1 Å². The van der Waals surface area contributed by atoms with Gasteiger partial charge in [0.2, 0.25) is 0 Å². The number of rotatable bonds is 7. The Morgan fingerprint density at radius 3 is 2.50 bits per heavy atom. The van der Waals surface area contributed by atoms with E-state index in [9.17, 15) is 9.18 Å². The Bertz CT molecular complexity index is 1430. The van der Waals surface area contributed by atoms with Crippen molar-refractivity contribution in [2.45, 2.75) is 17.5 Å². The molecule has 0 spiro atoms. The van der Waals surface area contributed by atoms with Crippen molar-refractivity contribution < 1.29 is 9.18 Å². The number of carbonyl (C=O) groups is 1. The van der Waals surface area contributed by atoms with E-state index in [0.29, 0.717) is 22.3 Å². The van der Waals surface area contributed by atoms with E-state index in [1.807, 2.05) is 53.1 Å². The molecule has 2 aromatic heterocycles. The van der Waals surface area contributed by atoms with Crippen LogP contribution in [0.1, 0.15) is 21.7 Å². The first kappa shape index (κ1) is 21.8. The third kappa shape index (κ3) is 4.67. The summed E-state index contributed by atoms with van der Waals surface area (Å²) >= 11 is 1.51. The van der Waals surface area contributed by atoms with E-state index in [4.69, 9.17) is 0 Å². The Morgan fingerprint density at radius 2 is 1.68 bits per heavy atom. The molecule has 0 unspecified atom stereocenters. The minimum absolute atomic E-state index is 0.169. The van der Waals surface area contributed by atoms with Gasteiger partial charge < -0.3 is 5.32 Å². The highest BCUT2D eigenvalue weighted by Gasteiger charge is 2.17. The summed E-state index contributed by atoms with van der Waals surface area (Å²) in [5, 5.41) is 14.2. The number of halogens is 1. The van der Waals surface area contributed by atoms with Gasteiger partial charge in [-0.05, 0) is 58.8 Å². The highest BCUT2D eigenvalue weighted by atomic mass is 32.2. The summed E-state index contributed by atoms with van der Waals surface area (Å²) in [5.41, 5.74) is 2.41. The summed E-state index contributed by atoms with van der Waals surface area (Å²) in [4.78, 5) is 17.1. The number of pyridine rings is 1. The molecule has 1 amide bonds. The van der Waals surface area contributed by atoms with Gasteiger partial charge >= 0.3 is 0 Å². The van der Waals surface area contributed by atoms with Crippen LogP contribution >= 0.6 is 11.8 Å². The van der Waals surface area contributed by atoms with Crippen molar-refractivity contribution in [3.05, 3.63) is 114 Å². The number of thioether (sulfide) groups is 1. The summed E-state index contributed by atoms with van der Waals surface area (Å²) in [6, 6.07) is 23.4. The minimum atomic E-state index is -0.325. The number of carbonyl (C=O) groups excluding carboxylic acids is 1. The monoisotopic (exact) mass is 469 g/mol. The van der Waals surface area contributed by atoms with Crippen LogP contribution in [0.5, 0.6) is 0 Å². The van der Waals surface area contributed by atoms with Gasteiger partial charge in [-0.15, -0.1) is 10.2 Å². The Morgan fingerprint density at radius 1 is 0.912 bits per heavy atom. The molecule has 34 heavy (non-hydrogen) atoms. The molecule has 0 aliphatic carbocycles. The van der Waals surface area contributed by atoms with E-state index in [-0.39, 0.29) is 18.3 Å². The average molecular weight is 470 g/mol. The number of hydrogen-bond donors (Lipinski definition) is 1. The molecule has 0 aliphatic rings. The van der Waals surface area contributed by atoms with Crippen LogP contribution in [0.2, 0.25) is 0 Å². The van der Waals surface area contributed by atoms with E-state index in [1.54, 1.807) is 30.6 Å². The highest BCUT2D eigenvalue weighted by Crippen LogP contribution is 2.25. The molecule has 0 bridgehead atoms. The van der Waals surface area contributed by atoms with Crippen LogP contribution in [-0.2, 0) is 12.3 Å². The Kier molecular flexibility index (Phi) is 6.31. The van der Waals surface area contributed by atoms with Crippen molar-refractivity contribution in [1.29, 1.82) is 0 Å². The number of hydrogen-bond acceptors (Lipinski definition) is 5. The Balaban J connectivity index is 1.41. The van der Waals surface area contributed by atoms with Gasteiger partial charge in [-0.3, -0.25) is 14.3 Å². The maximum Gasteiger partial charge on any atom is 0.252 e. The van der Waals surface area contributed by atoms with Crippen molar-refractivity contribution >= 4 is 28.4 Å². The molecular weight excluding hydrogens is 449 g/mol. The van der Waals surface area contributed by atoms with E-state index in [1.165, 1.54) is 23.9 Å². The first-order valence-electron chi connectivity index (χ1n) is 10.7. The quantitative estimate of drug-likeness (QED) is 0.333. The molecular formula is C26H20FN5OS. The van der Waals surface area contributed by atoms with Crippen LogP contribution in [-0.4, -0.2) is 25.7 Å². The lowest BCUT2D eigenvalue weighted by Gasteiger charge is -2.12. The fraction of sp³-hybridized carbons (Fsp3) is 0.0769. The van der Waals surface area contributed by atoms with E-state index < -0.39 is 0 Å². The zero-order valence-corrected chi connectivity index (χ0v) is 18.9. The standard InChI is InChI=1S/C26H20FN5OS/c27-20-8-10-21(11-9-20)32-24(30-31-26(32)34-17-18-12-14-28-15-13-18)16-29-25(33)23-7-3-5-19-4-1-2-6-22(19)23/h1-15H,16-17H2,(H,29,33). The van der Waals surface area contributed by atoms with Gasteiger partial charge in [0.05, 0.1) is 6.54 Å². The summed E-state index contributed by atoms with van der Waals surface area (Å²) in [6.45, 7) is 0.169. The number of amides is 1. The summed E-state index contributed by atoms with van der Waals surface area (Å²) in [7, 11) is 0. The molecule has 0 radical (unpaired) electrons. The molecule has 0 aliphatic heterocycles. The highest BCUT2D eigenvalue weighted by molar-refractivity contribution is 7.98. The van der Waals surface area contributed by atoms with Crippen LogP contribution in [0.4, 0.5) is 4.39 Å². The van der Waals surface area contributed by atoms with Gasteiger partial charge in [0.25, 0.3) is 5.91 Å². The molecule has 0 atom stereocenters. The Hall–Kier alpha value is -4.04. The van der Waals surface area contributed by atoms with Gasteiger partial charge in [0.15, 0.2) is 11.0 Å². The smallest absolute Gasteiger partial charge is 0.252 e. The average Bonchev–Trinajstić information content (AvgIpc) is 3.29. The third-order valence-corrected chi connectivity index (χ3v) is 6.34. The number of aromatic nitrogens is 4. The predicted molar refractivity (Wildman–Crippen MR) is 130 cm³/mol. The number of fused-ring (bicyclic) bond motifs is 1. The predicted octanol–water partition coefficient (Wildman–Crippen LogP) is 5.18. The lowest BCUT2D eigenvalue weighted by Crippen LogP contribution is -2.25. The van der Waals surface area contributed by atoms with E-state index in [2.05, 4.69) is 20.5 Å². The summed E-state index contributed by atoms with van der Waals surface area (Å²) in [5.74, 6) is 0.701. The van der Waals surface area contributed by atoms with E-state index in [0.717, 1.165) is 22.0 Å². The third-order valence-electron chi connectivity index (χ3n) is 5.34. The Labute approximate surface area is 199 Å². The topological polar surface area (TPSA) is 72.7 Å². The van der Waals surface area contributed by atoms with Crippen LogP contribution in [0, 0.1) is 5.82 Å². The largest absolute Gasteiger partial charge is 0.345 e. The molecule has 8 heteroatoms. The second-order valence-electron chi connectivity index (χ2n) is 7.56. The zero-order chi connectivity index (χ0) is 23.3. The molecule has 0 fully saturated rings. The van der Waals surface area contributed by atoms with Gasteiger partial charge in [-0.2, -0.15) is 0 Å². The molecule has 5 aromatic rings. The number of nitrogens with zero attached hydrogens (tertiary/aromatic N) is 4. The maximum atomic E-state index is 13.6. The first-order chi connectivity index (χ1) is 16.7. The van der Waals surface area contributed by atoms with Crippen LogP contribution in [0.25, 0.3) is 16.5 Å². The minimum Gasteiger partial charge on any atom is -0.345 e. The van der Waals surface area contributed by atoms with Gasteiger partial charge in [-0.25, -0.2) is 4.39 Å². The molecule has 1 N–H and O–H groups in total. The first-order valence-corrected chi connectivity index (χ1v) is 11.7. The van der Waals surface area contributed by atoms with Crippen molar-refractivity contribution in [3.63, 3.8) is 0 Å². The van der Waals surface area contributed by atoms with Gasteiger partial charge in [0, 0.05) is 29.4 Å². The fourth-order valence-corrected chi connectivity index (χ4v) is 4.59. The van der Waals surface area contributed by atoms with Gasteiger partial charge in [0.1, 0.15) is 5.82 Å². The zero-order valence-electron chi connectivity index (χ0n) is 18.1. The van der Waals surface area contributed by atoms with E-state index >= 15 is 0 Å². The normalized spacial score (nSPS) is 11.0.